The summed E-state index contributed by atoms with van der Waals surface area (Å²) >= 11 is 0. The van der Waals surface area contributed by atoms with E-state index in [1.54, 1.807) is 0 Å². The first-order chi connectivity index (χ1) is 11.8. The number of aryl methyl sites for hydroxylation is 2. The van der Waals surface area contributed by atoms with Crippen molar-refractivity contribution < 1.29 is 0 Å². The zero-order chi connectivity index (χ0) is 16.8. The maximum absolute atomic E-state index is 8.86. The van der Waals surface area contributed by atoms with Gasteiger partial charge in [0.1, 0.15) is 0 Å². The van der Waals surface area contributed by atoms with Gasteiger partial charge in [0, 0.05) is 0 Å². The van der Waals surface area contributed by atoms with E-state index in [4.69, 9.17) is 5.26 Å². The Morgan fingerprint density at radius 3 is 2.08 bits per heavy atom. The fourth-order valence-electron chi connectivity index (χ4n) is 3.93. The molecule has 124 valence electrons. The van der Waals surface area contributed by atoms with Crippen molar-refractivity contribution in [1.29, 1.82) is 5.26 Å². The van der Waals surface area contributed by atoms with Crippen LogP contribution >= 0.6 is 0 Å². The Bertz CT molecular complexity index is 667. The highest BCUT2D eigenvalue weighted by Gasteiger charge is 2.22. The van der Waals surface area contributed by atoms with E-state index in [-0.39, 0.29) is 0 Å². The Labute approximate surface area is 146 Å². The van der Waals surface area contributed by atoms with Gasteiger partial charge >= 0.3 is 0 Å². The Balaban J connectivity index is 1.46. The van der Waals surface area contributed by atoms with Gasteiger partial charge in [-0.1, -0.05) is 43.3 Å². The van der Waals surface area contributed by atoms with E-state index in [0.29, 0.717) is 0 Å². The van der Waals surface area contributed by atoms with E-state index >= 15 is 0 Å². The lowest BCUT2D eigenvalue weighted by Crippen LogP contribution is -2.14. The summed E-state index contributed by atoms with van der Waals surface area (Å²) in [5.41, 5.74) is 5.10. The van der Waals surface area contributed by atoms with Gasteiger partial charge in [-0.15, -0.1) is 0 Å². The second-order valence-corrected chi connectivity index (χ2v) is 7.16. The molecule has 2 aromatic carbocycles. The fourth-order valence-corrected chi connectivity index (χ4v) is 3.93. The monoisotopic (exact) mass is 317 g/mol. The highest BCUT2D eigenvalue weighted by Crippen LogP contribution is 2.37. The van der Waals surface area contributed by atoms with Gasteiger partial charge < -0.3 is 0 Å². The first-order valence-corrected chi connectivity index (χ1v) is 9.36. The molecule has 0 aliphatic heterocycles. The molecule has 24 heavy (non-hydrogen) atoms. The lowest BCUT2D eigenvalue weighted by molar-refractivity contribution is 0.310. The molecule has 0 bridgehead atoms. The molecule has 3 rings (SSSR count). The minimum atomic E-state index is 0.758. The van der Waals surface area contributed by atoms with Crippen molar-refractivity contribution in [2.45, 2.75) is 57.8 Å². The molecule has 0 unspecified atom stereocenters. The van der Waals surface area contributed by atoms with Crippen molar-refractivity contribution in [3.8, 4) is 6.07 Å². The Morgan fingerprint density at radius 2 is 1.50 bits per heavy atom. The number of nitriles is 1. The minimum Gasteiger partial charge on any atom is -0.192 e. The van der Waals surface area contributed by atoms with Crippen LogP contribution < -0.4 is 0 Å². The number of hydrogen-bond acceptors (Lipinski definition) is 1. The van der Waals surface area contributed by atoms with Crippen LogP contribution in [0, 0.1) is 17.2 Å². The van der Waals surface area contributed by atoms with Gasteiger partial charge in [0.25, 0.3) is 0 Å². The molecule has 0 amide bonds. The first kappa shape index (κ1) is 16.8. The zero-order valence-corrected chi connectivity index (χ0v) is 14.7. The maximum Gasteiger partial charge on any atom is 0.0991 e. The molecule has 0 N–H and O–H groups in total. The molecule has 1 saturated carbocycles. The minimum absolute atomic E-state index is 0.758. The largest absolute Gasteiger partial charge is 0.192 e. The lowest BCUT2D eigenvalue weighted by Gasteiger charge is -2.29. The molecule has 1 heteroatoms. The van der Waals surface area contributed by atoms with E-state index in [1.165, 1.54) is 48.8 Å². The summed E-state index contributed by atoms with van der Waals surface area (Å²) in [7, 11) is 0. The SMILES string of the molecule is CCc1ccc([C@H]2CC[C@H](CCc3ccc(C#N)cc3)CC2)cc1. The quantitative estimate of drug-likeness (QED) is 0.660. The number of benzene rings is 2. The van der Waals surface area contributed by atoms with Gasteiger partial charge in [0.05, 0.1) is 11.6 Å². The molecule has 1 aliphatic rings. The van der Waals surface area contributed by atoms with Crippen LogP contribution in [0.4, 0.5) is 0 Å². The second-order valence-electron chi connectivity index (χ2n) is 7.16. The normalized spacial score (nSPS) is 20.5. The van der Waals surface area contributed by atoms with Crippen LogP contribution in [0.3, 0.4) is 0 Å². The van der Waals surface area contributed by atoms with Gasteiger partial charge in [-0.05, 0) is 85.6 Å². The molecule has 0 spiro atoms. The van der Waals surface area contributed by atoms with E-state index in [0.717, 1.165) is 30.2 Å². The van der Waals surface area contributed by atoms with Crippen LogP contribution in [-0.2, 0) is 12.8 Å². The highest BCUT2D eigenvalue weighted by molar-refractivity contribution is 5.31. The van der Waals surface area contributed by atoms with E-state index in [9.17, 15) is 0 Å². The maximum atomic E-state index is 8.86. The molecule has 1 aliphatic carbocycles. The topological polar surface area (TPSA) is 23.8 Å². The molecule has 1 fully saturated rings. The molecular weight excluding hydrogens is 290 g/mol. The summed E-state index contributed by atoms with van der Waals surface area (Å²) in [5, 5.41) is 8.86. The summed E-state index contributed by atoms with van der Waals surface area (Å²) in [6, 6.07) is 19.6. The van der Waals surface area contributed by atoms with Crippen molar-refractivity contribution >= 4 is 0 Å². The molecule has 0 aromatic heterocycles. The van der Waals surface area contributed by atoms with Crippen LogP contribution in [0.5, 0.6) is 0 Å². The number of rotatable bonds is 5. The summed E-state index contributed by atoms with van der Waals surface area (Å²) in [6.45, 7) is 2.22. The lowest BCUT2D eigenvalue weighted by atomic mass is 9.77. The van der Waals surface area contributed by atoms with Crippen molar-refractivity contribution in [2.75, 3.05) is 0 Å². The van der Waals surface area contributed by atoms with Crippen LogP contribution in [0.2, 0.25) is 0 Å². The van der Waals surface area contributed by atoms with Crippen LogP contribution in [0.25, 0.3) is 0 Å². The molecule has 0 heterocycles. The molecule has 0 radical (unpaired) electrons. The smallest absolute Gasteiger partial charge is 0.0991 e. The predicted molar refractivity (Wildman–Crippen MR) is 100.0 cm³/mol. The third-order valence-electron chi connectivity index (χ3n) is 5.63. The van der Waals surface area contributed by atoms with Gasteiger partial charge in [0.15, 0.2) is 0 Å². The van der Waals surface area contributed by atoms with Gasteiger partial charge in [-0.2, -0.15) is 5.26 Å². The average molecular weight is 317 g/mol. The Kier molecular flexibility index (Phi) is 5.70. The van der Waals surface area contributed by atoms with Crippen molar-refractivity contribution in [3.63, 3.8) is 0 Å². The van der Waals surface area contributed by atoms with Gasteiger partial charge in [-0.3, -0.25) is 0 Å². The summed E-state index contributed by atoms with van der Waals surface area (Å²) in [4.78, 5) is 0. The third-order valence-corrected chi connectivity index (χ3v) is 5.63. The van der Waals surface area contributed by atoms with E-state index < -0.39 is 0 Å². The van der Waals surface area contributed by atoms with E-state index in [1.807, 2.05) is 12.1 Å². The van der Waals surface area contributed by atoms with E-state index in [2.05, 4.69) is 49.4 Å². The van der Waals surface area contributed by atoms with Crippen molar-refractivity contribution in [1.82, 2.24) is 0 Å². The number of hydrogen-bond donors (Lipinski definition) is 0. The predicted octanol–water partition coefficient (Wildman–Crippen LogP) is 6.03. The fraction of sp³-hybridized carbons (Fsp3) is 0.435. The second kappa shape index (κ2) is 8.15. The standard InChI is InChI=1S/C23H27N/c1-2-18-9-13-22(14-10-18)23-15-11-20(12-16-23)4-3-19-5-7-21(17-24)8-6-19/h5-10,13-14,20,23H,2-4,11-12,15-16H2,1H3/t20-,23-. The van der Waals surface area contributed by atoms with Crippen LogP contribution in [-0.4, -0.2) is 0 Å². The van der Waals surface area contributed by atoms with Crippen LogP contribution in [0.15, 0.2) is 48.5 Å². The third kappa shape index (κ3) is 4.26. The number of nitrogens with zero attached hydrogens (tertiary/aromatic N) is 1. The first-order valence-electron chi connectivity index (χ1n) is 9.36. The van der Waals surface area contributed by atoms with Crippen LogP contribution in [0.1, 0.15) is 67.2 Å². The van der Waals surface area contributed by atoms with Crippen molar-refractivity contribution in [2.24, 2.45) is 5.92 Å². The molecule has 0 saturated heterocycles. The Morgan fingerprint density at radius 1 is 0.875 bits per heavy atom. The molecule has 0 atom stereocenters. The van der Waals surface area contributed by atoms with Gasteiger partial charge in [0.2, 0.25) is 0 Å². The average Bonchev–Trinajstić information content (AvgIpc) is 2.67. The zero-order valence-electron chi connectivity index (χ0n) is 14.7. The van der Waals surface area contributed by atoms with Gasteiger partial charge in [-0.25, -0.2) is 0 Å². The summed E-state index contributed by atoms with van der Waals surface area (Å²) in [6.07, 6.45) is 8.95. The molecular formula is C23H27N. The van der Waals surface area contributed by atoms with Crippen molar-refractivity contribution in [3.05, 3.63) is 70.8 Å². The highest BCUT2D eigenvalue weighted by atomic mass is 14.3. The summed E-state index contributed by atoms with van der Waals surface area (Å²) in [5.74, 6) is 1.63. The molecule has 2 aromatic rings. The summed E-state index contributed by atoms with van der Waals surface area (Å²) < 4.78 is 0. The Hall–Kier alpha value is -2.07. The molecule has 1 nitrogen and oxygen atoms in total.